The molecular weight excluding hydrogens is 373 g/mol. The Bertz CT molecular complexity index is 897. The number of pyridine rings is 1. The molecule has 0 radical (unpaired) electrons. The fraction of sp³-hybridized carbons (Fsp3) is 0.318. The van der Waals surface area contributed by atoms with Crippen LogP contribution in [0.25, 0.3) is 5.57 Å². The molecule has 0 unspecified atom stereocenters. The third-order valence-electron chi connectivity index (χ3n) is 4.91. The molecule has 0 atom stereocenters. The summed E-state index contributed by atoms with van der Waals surface area (Å²) in [5.41, 5.74) is 2.29. The van der Waals surface area contributed by atoms with Crippen LogP contribution in [0.4, 0.5) is 4.39 Å². The first kappa shape index (κ1) is 20.7. The first-order chi connectivity index (χ1) is 14.1. The molecule has 1 aromatic carbocycles. The molecule has 1 aliphatic rings. The fourth-order valence-electron chi connectivity index (χ4n) is 3.36. The first-order valence-electron chi connectivity index (χ1n) is 9.56. The van der Waals surface area contributed by atoms with Crippen LogP contribution in [0.15, 0.2) is 54.5 Å². The minimum absolute atomic E-state index is 0.171. The molecule has 3 rings (SSSR count). The average molecular weight is 397 g/mol. The molecule has 152 valence electrons. The van der Waals surface area contributed by atoms with Crippen molar-refractivity contribution in [3.8, 4) is 0 Å². The van der Waals surface area contributed by atoms with Gasteiger partial charge in [-0.1, -0.05) is 12.1 Å². The predicted octanol–water partition coefficient (Wildman–Crippen LogP) is 2.51. The summed E-state index contributed by atoms with van der Waals surface area (Å²) >= 11 is 0. The van der Waals surface area contributed by atoms with Gasteiger partial charge in [-0.3, -0.25) is 19.5 Å². The van der Waals surface area contributed by atoms with Crippen molar-refractivity contribution in [2.45, 2.75) is 13.3 Å². The van der Waals surface area contributed by atoms with Gasteiger partial charge in [0.05, 0.1) is 18.7 Å². The molecule has 0 aliphatic carbocycles. The first-order valence-corrected chi connectivity index (χ1v) is 9.56. The maximum Gasteiger partial charge on any atom is 0.277 e. The monoisotopic (exact) mass is 397 g/mol. The lowest BCUT2D eigenvalue weighted by molar-refractivity contribution is -0.138. The number of likely N-dealkylation sites (N-methyl/N-ethyl adjacent to an activating group) is 1. The van der Waals surface area contributed by atoms with Gasteiger partial charge in [0, 0.05) is 32.6 Å². The van der Waals surface area contributed by atoms with E-state index in [0.29, 0.717) is 36.3 Å². The summed E-state index contributed by atoms with van der Waals surface area (Å²) in [5, 5.41) is 0. The van der Waals surface area contributed by atoms with Gasteiger partial charge in [0.15, 0.2) is 0 Å². The summed E-state index contributed by atoms with van der Waals surface area (Å²) in [7, 11) is 1.52. The summed E-state index contributed by atoms with van der Waals surface area (Å²) in [6.07, 6.45) is 4.16. The van der Waals surface area contributed by atoms with Gasteiger partial charge in [-0.15, -0.1) is 0 Å². The number of halogens is 1. The second kappa shape index (κ2) is 9.43. The van der Waals surface area contributed by atoms with Crippen molar-refractivity contribution in [1.82, 2.24) is 14.8 Å². The van der Waals surface area contributed by atoms with E-state index >= 15 is 0 Å². The van der Waals surface area contributed by atoms with E-state index in [-0.39, 0.29) is 25.0 Å². The SMILES string of the molecule is CCN(CCc1ccncc1)C1=C(c2ccc(F)cc2)C(=O)N(CCOC)C1=O. The minimum atomic E-state index is -0.394. The zero-order valence-electron chi connectivity index (χ0n) is 16.6. The Morgan fingerprint density at radius 1 is 1.07 bits per heavy atom. The average Bonchev–Trinajstić information content (AvgIpc) is 2.98. The molecule has 0 N–H and O–H groups in total. The molecule has 2 amide bonds. The van der Waals surface area contributed by atoms with Crippen molar-refractivity contribution in [1.29, 1.82) is 0 Å². The Balaban J connectivity index is 1.96. The van der Waals surface area contributed by atoms with Gasteiger partial charge in [-0.25, -0.2) is 4.39 Å². The Kier molecular flexibility index (Phi) is 6.72. The second-order valence-corrected chi connectivity index (χ2v) is 6.67. The number of hydrogen-bond donors (Lipinski definition) is 0. The number of ether oxygens (including phenoxy) is 1. The lowest BCUT2D eigenvalue weighted by Gasteiger charge is -2.24. The van der Waals surface area contributed by atoms with Gasteiger partial charge in [0.2, 0.25) is 0 Å². The number of nitrogens with zero attached hydrogens (tertiary/aromatic N) is 3. The van der Waals surface area contributed by atoms with Crippen LogP contribution in [0.5, 0.6) is 0 Å². The zero-order chi connectivity index (χ0) is 20.8. The van der Waals surface area contributed by atoms with Crippen LogP contribution in [0.3, 0.4) is 0 Å². The maximum atomic E-state index is 13.4. The number of imide groups is 1. The van der Waals surface area contributed by atoms with Crippen molar-refractivity contribution in [2.24, 2.45) is 0 Å². The van der Waals surface area contributed by atoms with E-state index in [1.807, 2.05) is 24.0 Å². The third-order valence-corrected chi connectivity index (χ3v) is 4.91. The van der Waals surface area contributed by atoms with Gasteiger partial charge in [-0.2, -0.15) is 0 Å². The molecule has 1 aliphatic heterocycles. The third kappa shape index (κ3) is 4.51. The Hall–Kier alpha value is -3.06. The van der Waals surface area contributed by atoms with E-state index in [1.54, 1.807) is 12.4 Å². The summed E-state index contributed by atoms with van der Waals surface area (Å²) in [6.45, 7) is 3.49. The zero-order valence-corrected chi connectivity index (χ0v) is 16.6. The number of carbonyl (C=O) groups excluding carboxylic acids is 2. The van der Waals surface area contributed by atoms with Crippen LogP contribution in [-0.2, 0) is 20.7 Å². The number of benzene rings is 1. The molecular formula is C22H24FN3O3. The molecule has 6 nitrogen and oxygen atoms in total. The number of methoxy groups -OCH3 is 1. The number of aromatic nitrogens is 1. The smallest absolute Gasteiger partial charge is 0.277 e. The van der Waals surface area contributed by atoms with Crippen LogP contribution < -0.4 is 0 Å². The van der Waals surface area contributed by atoms with E-state index in [0.717, 1.165) is 5.56 Å². The number of rotatable bonds is 9. The van der Waals surface area contributed by atoms with Crippen molar-refractivity contribution in [3.63, 3.8) is 0 Å². The second-order valence-electron chi connectivity index (χ2n) is 6.67. The summed E-state index contributed by atoms with van der Waals surface area (Å²) < 4.78 is 18.5. The maximum absolute atomic E-state index is 13.4. The van der Waals surface area contributed by atoms with E-state index in [4.69, 9.17) is 4.74 Å². The Morgan fingerprint density at radius 2 is 1.76 bits per heavy atom. The fourth-order valence-corrected chi connectivity index (χ4v) is 3.36. The van der Waals surface area contributed by atoms with E-state index in [1.165, 1.54) is 36.3 Å². The van der Waals surface area contributed by atoms with Crippen molar-refractivity contribution in [2.75, 3.05) is 33.4 Å². The number of amides is 2. The normalized spacial score (nSPS) is 14.1. The van der Waals surface area contributed by atoms with Gasteiger partial charge < -0.3 is 9.64 Å². The van der Waals surface area contributed by atoms with Crippen LogP contribution in [0.2, 0.25) is 0 Å². The molecule has 1 aromatic heterocycles. The predicted molar refractivity (Wildman–Crippen MR) is 107 cm³/mol. The summed E-state index contributed by atoms with van der Waals surface area (Å²) in [5.74, 6) is -1.12. The lowest BCUT2D eigenvalue weighted by Crippen LogP contribution is -2.37. The van der Waals surface area contributed by atoms with E-state index in [9.17, 15) is 14.0 Å². The lowest BCUT2D eigenvalue weighted by atomic mass is 10.0. The highest BCUT2D eigenvalue weighted by Gasteiger charge is 2.40. The largest absolute Gasteiger partial charge is 0.383 e. The highest BCUT2D eigenvalue weighted by Crippen LogP contribution is 2.31. The van der Waals surface area contributed by atoms with Crippen LogP contribution in [-0.4, -0.2) is 59.9 Å². The van der Waals surface area contributed by atoms with Crippen LogP contribution >= 0.6 is 0 Å². The van der Waals surface area contributed by atoms with Gasteiger partial charge in [0.25, 0.3) is 11.8 Å². The van der Waals surface area contributed by atoms with Gasteiger partial charge >= 0.3 is 0 Å². The molecule has 0 saturated heterocycles. The van der Waals surface area contributed by atoms with Gasteiger partial charge in [0.1, 0.15) is 11.5 Å². The quantitative estimate of drug-likeness (QED) is 0.609. The number of hydrogen-bond acceptors (Lipinski definition) is 5. The molecule has 2 aromatic rings. The molecule has 2 heterocycles. The van der Waals surface area contributed by atoms with Crippen molar-refractivity contribution >= 4 is 17.4 Å². The van der Waals surface area contributed by atoms with Crippen LogP contribution in [0.1, 0.15) is 18.1 Å². The standard InChI is InChI=1S/C22H24FN3O3/c1-3-25(13-10-16-8-11-24-12-9-16)20-19(17-4-6-18(23)7-5-17)21(27)26(22(20)28)14-15-29-2/h4-9,11-12H,3,10,13-15H2,1-2H3. The van der Waals surface area contributed by atoms with Gasteiger partial charge in [-0.05, 0) is 48.7 Å². The molecule has 0 saturated carbocycles. The molecule has 29 heavy (non-hydrogen) atoms. The van der Waals surface area contributed by atoms with Crippen molar-refractivity contribution in [3.05, 3.63) is 71.4 Å². The topological polar surface area (TPSA) is 62.7 Å². The van der Waals surface area contributed by atoms with Crippen LogP contribution in [0, 0.1) is 5.82 Å². The van der Waals surface area contributed by atoms with E-state index in [2.05, 4.69) is 4.98 Å². The summed E-state index contributed by atoms with van der Waals surface area (Å²) in [6, 6.07) is 9.51. The molecule has 0 spiro atoms. The molecule has 7 heteroatoms. The Morgan fingerprint density at radius 3 is 2.38 bits per heavy atom. The van der Waals surface area contributed by atoms with Crippen molar-refractivity contribution < 1.29 is 18.7 Å². The molecule has 0 fully saturated rings. The Labute approximate surface area is 169 Å². The number of carbonyl (C=O) groups is 2. The highest BCUT2D eigenvalue weighted by molar-refractivity contribution is 6.35. The minimum Gasteiger partial charge on any atom is -0.383 e. The summed E-state index contributed by atoms with van der Waals surface area (Å²) in [4.78, 5) is 33.4. The molecule has 0 bridgehead atoms. The van der Waals surface area contributed by atoms with E-state index < -0.39 is 5.82 Å². The highest BCUT2D eigenvalue weighted by atomic mass is 19.1.